The molecule has 0 spiro atoms. The van der Waals surface area contributed by atoms with Crippen molar-refractivity contribution in [3.05, 3.63) is 22.6 Å². The molecule has 10 heteroatoms. The van der Waals surface area contributed by atoms with Crippen LogP contribution in [-0.2, 0) is 28.5 Å². The zero-order chi connectivity index (χ0) is 20.5. The number of rotatable bonds is 5. The van der Waals surface area contributed by atoms with E-state index in [2.05, 4.69) is 5.32 Å². The second kappa shape index (κ2) is 6.28. The molecule has 0 aromatic heterocycles. The number of ether oxygens (including phenoxy) is 4. The number of carbonyl (C=O) groups excluding carboxylic acids is 3. The quantitative estimate of drug-likeness (QED) is 0.444. The van der Waals surface area contributed by atoms with Gasteiger partial charge in [0.05, 0.1) is 30.9 Å². The number of Topliss-reactive ketones (excluding diaryl/α,β-unsaturated/α-hetero) is 2. The number of fused-ring (bicyclic) bond motifs is 4. The monoisotopic (exact) mass is 405 g/mol. The zero-order valence-electron chi connectivity index (χ0n) is 16.2. The van der Waals surface area contributed by atoms with E-state index in [4.69, 9.17) is 24.7 Å². The number of piperazine rings is 1. The number of allylic oxidation sites excluding steroid dienone is 2. The summed E-state index contributed by atoms with van der Waals surface area (Å²) < 4.78 is 22.2. The summed E-state index contributed by atoms with van der Waals surface area (Å²) in [5, 5.41) is 3.32. The normalized spacial score (nSPS) is 37.7. The van der Waals surface area contributed by atoms with Crippen molar-refractivity contribution >= 4 is 17.7 Å². The molecule has 1 aliphatic carbocycles. The molecular formula is C19H23N3O7. The first-order chi connectivity index (χ1) is 13.9. The fourth-order valence-corrected chi connectivity index (χ4v) is 5.18. The smallest absolute Gasteiger partial charge is 0.404 e. The van der Waals surface area contributed by atoms with Crippen molar-refractivity contribution in [3.8, 4) is 0 Å². The summed E-state index contributed by atoms with van der Waals surface area (Å²) in [6.07, 6.45) is -0.567. The van der Waals surface area contributed by atoms with Crippen LogP contribution in [0.2, 0.25) is 0 Å². The molecule has 0 bridgehead atoms. The number of carbonyl (C=O) groups is 3. The molecule has 0 aromatic rings. The molecule has 10 nitrogen and oxygen atoms in total. The standard InChI is InChI=1S/C19H23N3O7/c1-8-14(23)13-12(15(24)16(8)29-9-3-4-27-6-9)10(7-28-18(20)25)19(26-2)17-11(21-17)5-22(13)19/h9-11,17,21H,3-7H2,1-2H3,(H2,20,25)/t9?,10?,11?,17?,19-/m1/s1. The molecule has 5 aliphatic rings. The van der Waals surface area contributed by atoms with Gasteiger partial charge in [-0.1, -0.05) is 0 Å². The minimum Gasteiger partial charge on any atom is -0.483 e. The van der Waals surface area contributed by atoms with Crippen molar-refractivity contribution in [2.75, 3.05) is 33.5 Å². The lowest BCUT2D eigenvalue weighted by Crippen LogP contribution is -2.55. The highest BCUT2D eigenvalue weighted by Crippen LogP contribution is 2.55. The summed E-state index contributed by atoms with van der Waals surface area (Å²) in [5.41, 5.74) is 5.05. The van der Waals surface area contributed by atoms with Crippen molar-refractivity contribution in [2.24, 2.45) is 11.7 Å². The first kappa shape index (κ1) is 18.6. The molecule has 156 valence electrons. The lowest BCUT2D eigenvalue weighted by molar-refractivity contribution is -0.137. The van der Waals surface area contributed by atoms with Crippen LogP contribution in [0.25, 0.3) is 0 Å². The summed E-state index contributed by atoms with van der Waals surface area (Å²) in [5.74, 6) is -1.26. The number of hydrogen-bond donors (Lipinski definition) is 2. The van der Waals surface area contributed by atoms with Gasteiger partial charge in [0.1, 0.15) is 12.7 Å². The fourth-order valence-electron chi connectivity index (χ4n) is 5.18. The van der Waals surface area contributed by atoms with E-state index in [1.54, 1.807) is 6.92 Å². The molecule has 5 rings (SSSR count). The third-order valence-corrected chi connectivity index (χ3v) is 6.55. The number of methoxy groups -OCH3 is 1. The van der Waals surface area contributed by atoms with Gasteiger partial charge in [0, 0.05) is 37.3 Å². The molecule has 4 unspecified atom stereocenters. The van der Waals surface area contributed by atoms with E-state index in [1.807, 2.05) is 4.90 Å². The van der Waals surface area contributed by atoms with Crippen LogP contribution in [-0.4, -0.2) is 79.9 Å². The topological polar surface area (TPSA) is 139 Å². The SMILES string of the molecule is CO[C@@]12C(COC(N)=O)C3=C(C(=O)C(C)=C(OC4CCOC4)C3=O)N1CC1NC12. The molecule has 3 fully saturated rings. The molecule has 3 saturated heterocycles. The Kier molecular flexibility index (Phi) is 4.03. The van der Waals surface area contributed by atoms with Crippen molar-refractivity contribution in [3.63, 3.8) is 0 Å². The maximum absolute atomic E-state index is 13.5. The fraction of sp³-hybridized carbons (Fsp3) is 0.632. The predicted octanol–water partition coefficient (Wildman–Crippen LogP) is -0.804. The Bertz CT molecular complexity index is 875. The van der Waals surface area contributed by atoms with Crippen LogP contribution in [0.1, 0.15) is 13.3 Å². The summed E-state index contributed by atoms with van der Waals surface area (Å²) in [4.78, 5) is 40.0. The summed E-state index contributed by atoms with van der Waals surface area (Å²) in [7, 11) is 1.54. The first-order valence-corrected chi connectivity index (χ1v) is 9.70. The Morgan fingerprint density at radius 3 is 2.83 bits per heavy atom. The summed E-state index contributed by atoms with van der Waals surface area (Å²) in [6, 6.07) is 0.0774. The number of nitrogens with one attached hydrogen (secondary N) is 1. The van der Waals surface area contributed by atoms with Gasteiger partial charge >= 0.3 is 6.09 Å². The first-order valence-electron chi connectivity index (χ1n) is 9.70. The highest BCUT2D eigenvalue weighted by atomic mass is 16.6. The van der Waals surface area contributed by atoms with Crippen molar-refractivity contribution in [1.82, 2.24) is 10.2 Å². The van der Waals surface area contributed by atoms with Crippen LogP contribution in [0.4, 0.5) is 4.79 Å². The highest BCUT2D eigenvalue weighted by Gasteiger charge is 2.72. The number of nitrogens with two attached hydrogens (primary N) is 1. The Morgan fingerprint density at radius 2 is 2.17 bits per heavy atom. The van der Waals surface area contributed by atoms with Gasteiger partial charge in [-0.2, -0.15) is 0 Å². The Balaban J connectivity index is 1.55. The van der Waals surface area contributed by atoms with Crippen molar-refractivity contribution in [1.29, 1.82) is 0 Å². The van der Waals surface area contributed by atoms with Gasteiger partial charge in [-0.25, -0.2) is 4.79 Å². The van der Waals surface area contributed by atoms with E-state index in [0.29, 0.717) is 31.9 Å². The predicted molar refractivity (Wildman–Crippen MR) is 96.2 cm³/mol. The lowest BCUT2D eigenvalue weighted by atomic mass is 9.83. The molecule has 4 heterocycles. The van der Waals surface area contributed by atoms with E-state index in [1.165, 1.54) is 7.11 Å². The third kappa shape index (κ3) is 2.42. The van der Waals surface area contributed by atoms with Crippen LogP contribution in [0.3, 0.4) is 0 Å². The van der Waals surface area contributed by atoms with Crippen LogP contribution < -0.4 is 11.1 Å². The average Bonchev–Trinajstić information content (AvgIpc) is 3.05. The number of nitrogens with zero attached hydrogens (tertiary/aromatic N) is 1. The van der Waals surface area contributed by atoms with Crippen molar-refractivity contribution in [2.45, 2.75) is 37.3 Å². The molecule has 0 saturated carbocycles. The van der Waals surface area contributed by atoms with E-state index < -0.39 is 17.7 Å². The highest BCUT2D eigenvalue weighted by molar-refractivity contribution is 6.25. The largest absolute Gasteiger partial charge is 0.483 e. The van der Waals surface area contributed by atoms with Crippen LogP contribution in [0.5, 0.6) is 0 Å². The van der Waals surface area contributed by atoms with E-state index in [0.717, 1.165) is 0 Å². The Labute approximate surface area is 166 Å². The molecule has 4 aliphatic heterocycles. The van der Waals surface area contributed by atoms with Crippen LogP contribution in [0, 0.1) is 5.92 Å². The van der Waals surface area contributed by atoms with Gasteiger partial charge in [-0.15, -0.1) is 0 Å². The number of ketones is 2. The molecule has 1 amide bonds. The molecular weight excluding hydrogens is 382 g/mol. The number of hydrogen-bond acceptors (Lipinski definition) is 9. The maximum atomic E-state index is 13.5. The number of primary amides is 1. The minimum absolute atomic E-state index is 0.0426. The zero-order valence-corrected chi connectivity index (χ0v) is 16.2. The summed E-state index contributed by atoms with van der Waals surface area (Å²) >= 11 is 0. The van der Waals surface area contributed by atoms with Gasteiger partial charge in [0.2, 0.25) is 11.6 Å². The van der Waals surface area contributed by atoms with Gasteiger partial charge < -0.3 is 34.9 Å². The lowest BCUT2D eigenvalue weighted by Gasteiger charge is -2.39. The second-order valence-corrected chi connectivity index (χ2v) is 7.98. The van der Waals surface area contributed by atoms with Gasteiger partial charge in [-0.05, 0) is 6.92 Å². The Morgan fingerprint density at radius 1 is 1.38 bits per heavy atom. The molecule has 3 N–H and O–H groups in total. The average molecular weight is 405 g/mol. The van der Waals surface area contributed by atoms with Gasteiger partial charge in [0.15, 0.2) is 11.5 Å². The number of amides is 1. The van der Waals surface area contributed by atoms with E-state index in [9.17, 15) is 14.4 Å². The molecule has 0 radical (unpaired) electrons. The third-order valence-electron chi connectivity index (χ3n) is 6.55. The van der Waals surface area contributed by atoms with Crippen LogP contribution in [0.15, 0.2) is 22.6 Å². The van der Waals surface area contributed by atoms with E-state index >= 15 is 0 Å². The molecule has 5 atom stereocenters. The second-order valence-electron chi connectivity index (χ2n) is 7.98. The van der Waals surface area contributed by atoms with Gasteiger partial charge in [0.25, 0.3) is 0 Å². The van der Waals surface area contributed by atoms with Crippen LogP contribution >= 0.6 is 0 Å². The Hall–Kier alpha value is -2.43. The van der Waals surface area contributed by atoms with E-state index in [-0.39, 0.29) is 53.3 Å². The molecule has 0 aromatic carbocycles. The molecule has 29 heavy (non-hydrogen) atoms. The summed E-state index contributed by atoms with van der Waals surface area (Å²) in [6.45, 7) is 2.90. The van der Waals surface area contributed by atoms with Crippen molar-refractivity contribution < 1.29 is 33.3 Å². The maximum Gasteiger partial charge on any atom is 0.404 e. The minimum atomic E-state index is -0.984. The van der Waals surface area contributed by atoms with Gasteiger partial charge in [-0.3, -0.25) is 9.59 Å².